The van der Waals surface area contributed by atoms with Crippen LogP contribution < -0.4 is 0 Å². The summed E-state index contributed by atoms with van der Waals surface area (Å²) >= 11 is 5.21. The highest BCUT2D eigenvalue weighted by atomic mass is 79.9. The number of hydrogen-bond acceptors (Lipinski definition) is 3. The Morgan fingerprint density at radius 1 is 1.21 bits per heavy atom. The molecule has 2 aromatic heterocycles. The SMILES string of the molecule is Brc1ccc(-c2cc(C3CO3)c3ccccc3n2)s1. The molecule has 1 fully saturated rings. The van der Waals surface area contributed by atoms with Crippen LogP contribution in [-0.2, 0) is 4.74 Å². The second-order valence-corrected chi connectivity index (χ2v) is 7.00. The van der Waals surface area contributed by atoms with Crippen LogP contribution in [0.2, 0.25) is 0 Å². The maximum Gasteiger partial charge on any atom is 0.107 e. The van der Waals surface area contributed by atoms with Crippen molar-refractivity contribution in [3.63, 3.8) is 0 Å². The Balaban J connectivity index is 1.97. The van der Waals surface area contributed by atoms with Crippen molar-refractivity contribution < 1.29 is 4.74 Å². The number of halogens is 1. The van der Waals surface area contributed by atoms with Crippen LogP contribution in [0.25, 0.3) is 21.5 Å². The average molecular weight is 332 g/mol. The van der Waals surface area contributed by atoms with Crippen LogP contribution in [-0.4, -0.2) is 11.6 Å². The van der Waals surface area contributed by atoms with Crippen LogP contribution >= 0.6 is 27.3 Å². The van der Waals surface area contributed by atoms with Crippen LogP contribution in [0.1, 0.15) is 11.7 Å². The summed E-state index contributed by atoms with van der Waals surface area (Å²) in [5.74, 6) is 0. The van der Waals surface area contributed by atoms with Gasteiger partial charge in [-0.05, 0) is 45.8 Å². The van der Waals surface area contributed by atoms with E-state index in [-0.39, 0.29) is 6.10 Å². The Kier molecular flexibility index (Phi) is 2.69. The van der Waals surface area contributed by atoms with Gasteiger partial charge in [-0.1, -0.05) is 18.2 Å². The van der Waals surface area contributed by atoms with Crippen molar-refractivity contribution >= 4 is 38.2 Å². The molecule has 1 saturated heterocycles. The Morgan fingerprint density at radius 2 is 2.05 bits per heavy atom. The van der Waals surface area contributed by atoms with Gasteiger partial charge in [0.05, 0.1) is 26.5 Å². The summed E-state index contributed by atoms with van der Waals surface area (Å²) < 4.78 is 6.59. The molecule has 3 aromatic rings. The zero-order chi connectivity index (χ0) is 12.8. The van der Waals surface area contributed by atoms with Gasteiger partial charge in [-0.25, -0.2) is 4.98 Å². The standard InChI is InChI=1S/C15H10BrNOS/c16-15-6-5-14(19-15)12-7-10(13-8-18-13)9-3-1-2-4-11(9)17-12/h1-7,13H,8H2. The van der Waals surface area contributed by atoms with E-state index in [0.717, 1.165) is 21.6 Å². The third-order valence-corrected chi connectivity index (χ3v) is 4.90. The number of pyridine rings is 1. The van der Waals surface area contributed by atoms with Gasteiger partial charge in [-0.3, -0.25) is 0 Å². The van der Waals surface area contributed by atoms with Crippen molar-refractivity contribution in [2.24, 2.45) is 0 Å². The molecule has 1 atom stereocenters. The zero-order valence-corrected chi connectivity index (χ0v) is 12.4. The maximum absolute atomic E-state index is 5.47. The molecule has 0 bridgehead atoms. The topological polar surface area (TPSA) is 25.4 Å². The van der Waals surface area contributed by atoms with Crippen molar-refractivity contribution in [1.29, 1.82) is 0 Å². The molecule has 0 amide bonds. The van der Waals surface area contributed by atoms with E-state index >= 15 is 0 Å². The molecule has 4 rings (SSSR count). The molecule has 1 aromatic carbocycles. The molecule has 3 heterocycles. The Hall–Kier alpha value is -1.23. The first-order valence-electron chi connectivity index (χ1n) is 6.08. The number of aromatic nitrogens is 1. The van der Waals surface area contributed by atoms with Crippen molar-refractivity contribution in [3.05, 3.63) is 51.8 Å². The highest BCUT2D eigenvalue weighted by Crippen LogP contribution is 2.38. The summed E-state index contributed by atoms with van der Waals surface area (Å²) in [6.45, 7) is 0.821. The molecular weight excluding hydrogens is 322 g/mol. The van der Waals surface area contributed by atoms with Crippen molar-refractivity contribution in [2.45, 2.75) is 6.10 Å². The van der Waals surface area contributed by atoms with Crippen molar-refractivity contribution in [1.82, 2.24) is 4.98 Å². The molecule has 1 unspecified atom stereocenters. The summed E-state index contributed by atoms with van der Waals surface area (Å²) in [6.07, 6.45) is 0.245. The summed E-state index contributed by atoms with van der Waals surface area (Å²) in [7, 11) is 0. The lowest BCUT2D eigenvalue weighted by Gasteiger charge is -2.06. The lowest BCUT2D eigenvalue weighted by Crippen LogP contribution is -1.90. The smallest absolute Gasteiger partial charge is 0.107 e. The maximum atomic E-state index is 5.47. The molecule has 1 aliphatic heterocycles. The van der Waals surface area contributed by atoms with Crippen LogP contribution in [0.5, 0.6) is 0 Å². The quantitative estimate of drug-likeness (QED) is 0.630. The fourth-order valence-electron chi connectivity index (χ4n) is 2.27. The summed E-state index contributed by atoms with van der Waals surface area (Å²) in [5, 5.41) is 1.20. The highest BCUT2D eigenvalue weighted by molar-refractivity contribution is 9.11. The number of nitrogens with zero attached hydrogens (tertiary/aromatic N) is 1. The highest BCUT2D eigenvalue weighted by Gasteiger charge is 2.27. The minimum atomic E-state index is 0.245. The molecule has 1 aliphatic rings. The largest absolute Gasteiger partial charge is 0.368 e. The van der Waals surface area contributed by atoms with Gasteiger partial charge in [-0.15, -0.1) is 11.3 Å². The number of thiophene rings is 1. The molecule has 0 radical (unpaired) electrons. The third-order valence-electron chi connectivity index (χ3n) is 3.25. The van der Waals surface area contributed by atoms with E-state index < -0.39 is 0 Å². The van der Waals surface area contributed by atoms with Gasteiger partial charge in [0.15, 0.2) is 0 Å². The number of ether oxygens (including phenoxy) is 1. The minimum absolute atomic E-state index is 0.245. The van der Waals surface area contributed by atoms with Gasteiger partial charge >= 0.3 is 0 Å². The second-order valence-electron chi connectivity index (χ2n) is 4.54. The number of rotatable bonds is 2. The van der Waals surface area contributed by atoms with E-state index in [1.807, 2.05) is 6.07 Å². The lowest BCUT2D eigenvalue weighted by atomic mass is 10.0. The molecular formula is C15H10BrNOS. The number of para-hydroxylation sites is 1. The first-order chi connectivity index (χ1) is 9.31. The fourth-order valence-corrected chi connectivity index (χ4v) is 3.62. The molecule has 0 aliphatic carbocycles. The van der Waals surface area contributed by atoms with E-state index in [4.69, 9.17) is 9.72 Å². The summed E-state index contributed by atoms with van der Waals surface area (Å²) in [6, 6.07) is 14.6. The molecule has 4 heteroatoms. The Morgan fingerprint density at radius 3 is 2.79 bits per heavy atom. The number of hydrogen-bond donors (Lipinski definition) is 0. The van der Waals surface area contributed by atoms with Crippen LogP contribution in [0.15, 0.2) is 46.3 Å². The summed E-state index contributed by atoms with van der Waals surface area (Å²) in [4.78, 5) is 5.94. The van der Waals surface area contributed by atoms with Gasteiger partial charge in [-0.2, -0.15) is 0 Å². The van der Waals surface area contributed by atoms with Gasteiger partial charge in [0.2, 0.25) is 0 Å². The first kappa shape index (κ1) is 11.6. The Bertz CT molecular complexity index is 764. The molecule has 19 heavy (non-hydrogen) atoms. The van der Waals surface area contributed by atoms with E-state index in [0.29, 0.717) is 0 Å². The van der Waals surface area contributed by atoms with Crippen molar-refractivity contribution in [3.8, 4) is 10.6 Å². The third kappa shape index (κ3) is 2.10. The van der Waals surface area contributed by atoms with Gasteiger partial charge < -0.3 is 4.74 Å². The monoisotopic (exact) mass is 331 g/mol. The molecule has 94 valence electrons. The van der Waals surface area contributed by atoms with Crippen LogP contribution in [0, 0.1) is 0 Å². The average Bonchev–Trinajstić information content (AvgIpc) is 3.19. The predicted molar refractivity (Wildman–Crippen MR) is 81.4 cm³/mol. The van der Waals surface area contributed by atoms with Gasteiger partial charge in [0, 0.05) is 5.39 Å². The van der Waals surface area contributed by atoms with Crippen LogP contribution in [0.3, 0.4) is 0 Å². The van der Waals surface area contributed by atoms with E-state index in [2.05, 4.69) is 52.3 Å². The predicted octanol–water partition coefficient (Wildman–Crippen LogP) is 4.80. The van der Waals surface area contributed by atoms with Crippen LogP contribution in [0.4, 0.5) is 0 Å². The van der Waals surface area contributed by atoms with E-state index in [9.17, 15) is 0 Å². The fraction of sp³-hybridized carbons (Fsp3) is 0.133. The molecule has 0 N–H and O–H groups in total. The lowest BCUT2D eigenvalue weighted by molar-refractivity contribution is 0.417. The first-order valence-corrected chi connectivity index (χ1v) is 7.69. The molecule has 0 spiro atoms. The normalized spacial score (nSPS) is 17.8. The Labute approximate surface area is 123 Å². The second kappa shape index (κ2) is 4.40. The van der Waals surface area contributed by atoms with E-state index in [1.165, 1.54) is 15.8 Å². The van der Waals surface area contributed by atoms with Crippen molar-refractivity contribution in [2.75, 3.05) is 6.61 Å². The van der Waals surface area contributed by atoms with Gasteiger partial charge in [0.25, 0.3) is 0 Å². The van der Waals surface area contributed by atoms with E-state index in [1.54, 1.807) is 11.3 Å². The van der Waals surface area contributed by atoms with Gasteiger partial charge in [0.1, 0.15) is 6.10 Å². The summed E-state index contributed by atoms with van der Waals surface area (Å²) in [5.41, 5.74) is 3.32. The zero-order valence-electron chi connectivity index (χ0n) is 9.97. The number of benzene rings is 1. The molecule has 0 saturated carbocycles. The molecule has 2 nitrogen and oxygen atoms in total. The number of epoxide rings is 1. The number of fused-ring (bicyclic) bond motifs is 1. The minimum Gasteiger partial charge on any atom is -0.368 e.